The van der Waals surface area contributed by atoms with Crippen molar-refractivity contribution in [3.8, 4) is 0 Å². The normalized spacial score (nSPS) is 35.5. The Morgan fingerprint density at radius 3 is 2.87 bits per heavy atom. The van der Waals surface area contributed by atoms with Gasteiger partial charge in [-0.25, -0.2) is 0 Å². The Bertz CT molecular complexity index is 254. The van der Waals surface area contributed by atoms with Crippen LogP contribution in [-0.4, -0.2) is 42.3 Å². The van der Waals surface area contributed by atoms with E-state index < -0.39 is 24.5 Å². The lowest BCUT2D eigenvalue weighted by Crippen LogP contribution is -2.40. The van der Waals surface area contributed by atoms with Crippen LogP contribution in [0, 0.1) is 0 Å². The summed E-state index contributed by atoms with van der Waals surface area (Å²) in [7, 11) is 0. The van der Waals surface area contributed by atoms with E-state index >= 15 is 0 Å². The number of hydrogen-bond donors (Lipinski definition) is 2. The van der Waals surface area contributed by atoms with Gasteiger partial charge in [-0.1, -0.05) is 5.11 Å². The summed E-state index contributed by atoms with van der Waals surface area (Å²) in [6, 6.07) is 0. The first-order valence-corrected chi connectivity index (χ1v) is 4.81. The van der Waals surface area contributed by atoms with Crippen LogP contribution in [-0.2, 0) is 9.47 Å². The summed E-state index contributed by atoms with van der Waals surface area (Å²) < 4.78 is 10.7. The Hall–Kier alpha value is -0.850. The highest BCUT2D eigenvalue weighted by molar-refractivity contribution is 4.90. The van der Waals surface area contributed by atoms with Gasteiger partial charge in [-0.15, -0.1) is 0 Å². The number of nitrogens with two attached hydrogens (primary N) is 1. The van der Waals surface area contributed by atoms with E-state index in [1.54, 1.807) is 0 Å². The van der Waals surface area contributed by atoms with Crippen molar-refractivity contribution in [3.63, 3.8) is 0 Å². The maximum absolute atomic E-state index is 9.67. The third-order valence-electron chi connectivity index (χ3n) is 2.13. The molecule has 1 saturated heterocycles. The minimum absolute atomic E-state index is 0.0490. The number of aliphatic hydroxyl groups is 1. The van der Waals surface area contributed by atoms with Crippen molar-refractivity contribution in [1.82, 2.24) is 0 Å². The van der Waals surface area contributed by atoms with E-state index in [9.17, 15) is 5.11 Å². The van der Waals surface area contributed by atoms with E-state index in [-0.39, 0.29) is 12.6 Å². The van der Waals surface area contributed by atoms with Gasteiger partial charge in [0, 0.05) is 4.91 Å². The van der Waals surface area contributed by atoms with E-state index in [2.05, 4.69) is 10.0 Å². The minimum Gasteiger partial charge on any atom is -0.386 e. The summed E-state index contributed by atoms with van der Waals surface area (Å²) in [4.78, 5) is 2.63. The Kier molecular flexibility index (Phi) is 4.31. The minimum atomic E-state index is -0.883. The molecule has 1 aliphatic rings. The van der Waals surface area contributed by atoms with Crippen molar-refractivity contribution >= 4 is 0 Å². The quantitative estimate of drug-likeness (QED) is 0.395. The molecule has 1 rings (SSSR count). The summed E-state index contributed by atoms with van der Waals surface area (Å²) in [6.07, 6.45) is -2.73. The van der Waals surface area contributed by atoms with Gasteiger partial charge in [0.05, 0.1) is 18.8 Å². The molecule has 0 amide bonds. The van der Waals surface area contributed by atoms with Gasteiger partial charge in [-0.3, -0.25) is 0 Å². The lowest BCUT2D eigenvalue weighted by Gasteiger charge is -2.21. The van der Waals surface area contributed by atoms with E-state index in [1.807, 2.05) is 13.8 Å². The molecule has 1 fully saturated rings. The zero-order valence-corrected chi connectivity index (χ0v) is 8.78. The number of azide groups is 1. The van der Waals surface area contributed by atoms with Crippen molar-refractivity contribution in [1.29, 1.82) is 0 Å². The fourth-order valence-electron chi connectivity index (χ4n) is 1.51. The Morgan fingerprint density at radius 2 is 2.33 bits per heavy atom. The second-order valence-electron chi connectivity index (χ2n) is 3.69. The molecule has 15 heavy (non-hydrogen) atoms. The molecule has 7 heteroatoms. The Balaban J connectivity index is 2.63. The van der Waals surface area contributed by atoms with Crippen molar-refractivity contribution in [2.75, 3.05) is 6.54 Å². The third-order valence-corrected chi connectivity index (χ3v) is 2.13. The molecule has 0 aromatic rings. The highest BCUT2D eigenvalue weighted by atomic mass is 16.6. The van der Waals surface area contributed by atoms with Gasteiger partial charge >= 0.3 is 0 Å². The molecule has 86 valence electrons. The highest BCUT2D eigenvalue weighted by Gasteiger charge is 2.42. The lowest BCUT2D eigenvalue weighted by atomic mass is 10.1. The summed E-state index contributed by atoms with van der Waals surface area (Å²) in [5.41, 5.74) is 13.7. The smallest absolute Gasteiger partial charge is 0.135 e. The van der Waals surface area contributed by atoms with Crippen LogP contribution in [0.3, 0.4) is 0 Å². The molecule has 1 aliphatic heterocycles. The van der Waals surface area contributed by atoms with Gasteiger partial charge < -0.3 is 20.3 Å². The van der Waals surface area contributed by atoms with Crippen LogP contribution in [0.1, 0.15) is 13.8 Å². The van der Waals surface area contributed by atoms with E-state index in [0.717, 1.165) is 0 Å². The molecule has 0 aliphatic carbocycles. The van der Waals surface area contributed by atoms with E-state index in [1.165, 1.54) is 0 Å². The van der Waals surface area contributed by atoms with Crippen LogP contribution < -0.4 is 5.73 Å². The molecule has 2 unspecified atom stereocenters. The van der Waals surface area contributed by atoms with Crippen LogP contribution in [0.5, 0.6) is 0 Å². The largest absolute Gasteiger partial charge is 0.386 e. The standard InChI is InChI=1S/C8H16N4O3/c1-4(2)14-7-5(3-11-12-10)15-8(9)6(7)13/h4-8,13H,3,9H2,1-2H3/t5-,6?,7?,8-/m1/s1. The monoisotopic (exact) mass is 216 g/mol. The zero-order valence-electron chi connectivity index (χ0n) is 8.78. The molecular formula is C8H16N4O3. The van der Waals surface area contributed by atoms with Crippen LogP contribution in [0.15, 0.2) is 5.11 Å². The van der Waals surface area contributed by atoms with Crippen molar-refractivity contribution in [3.05, 3.63) is 10.4 Å². The first kappa shape index (κ1) is 12.2. The van der Waals surface area contributed by atoms with Crippen LogP contribution in [0.2, 0.25) is 0 Å². The predicted octanol–water partition coefficient (Wildman–Crippen LogP) is 0.135. The summed E-state index contributed by atoms with van der Waals surface area (Å²) in [5, 5.41) is 13.1. The highest BCUT2D eigenvalue weighted by Crippen LogP contribution is 2.22. The van der Waals surface area contributed by atoms with Gasteiger partial charge in [0.25, 0.3) is 0 Å². The zero-order chi connectivity index (χ0) is 11.4. The Labute approximate surface area is 87.8 Å². The first-order chi connectivity index (χ1) is 7.06. The number of hydrogen-bond acceptors (Lipinski definition) is 5. The SMILES string of the molecule is CC(C)OC1C(O)[C@H](N)O[C@@H]1CN=[N+]=[N-]. The molecule has 4 atom stereocenters. The molecular weight excluding hydrogens is 200 g/mol. The molecule has 1 heterocycles. The van der Waals surface area contributed by atoms with Crippen LogP contribution >= 0.6 is 0 Å². The van der Waals surface area contributed by atoms with E-state index in [4.69, 9.17) is 20.7 Å². The molecule has 0 aromatic carbocycles. The van der Waals surface area contributed by atoms with Gasteiger partial charge in [-0.05, 0) is 19.4 Å². The topological polar surface area (TPSA) is 113 Å². The van der Waals surface area contributed by atoms with Crippen molar-refractivity contribution in [2.45, 2.75) is 44.5 Å². The second kappa shape index (κ2) is 5.29. The maximum Gasteiger partial charge on any atom is 0.135 e. The van der Waals surface area contributed by atoms with Crippen LogP contribution in [0.4, 0.5) is 0 Å². The van der Waals surface area contributed by atoms with Gasteiger partial charge in [0.2, 0.25) is 0 Å². The third kappa shape index (κ3) is 3.05. The van der Waals surface area contributed by atoms with Gasteiger partial charge in [0.1, 0.15) is 18.4 Å². The molecule has 0 saturated carbocycles. The average molecular weight is 216 g/mol. The maximum atomic E-state index is 9.67. The molecule has 0 bridgehead atoms. The molecule has 0 spiro atoms. The lowest BCUT2D eigenvalue weighted by molar-refractivity contribution is -0.0633. The number of aliphatic hydroxyl groups excluding tert-OH is 1. The number of nitrogens with zero attached hydrogens (tertiary/aromatic N) is 3. The number of rotatable bonds is 4. The fraction of sp³-hybridized carbons (Fsp3) is 1.00. The second-order valence-corrected chi connectivity index (χ2v) is 3.69. The molecule has 0 aromatic heterocycles. The average Bonchev–Trinajstić information content (AvgIpc) is 2.42. The summed E-state index contributed by atoms with van der Waals surface area (Å²) in [6.45, 7) is 3.81. The van der Waals surface area contributed by atoms with Crippen molar-refractivity contribution < 1.29 is 14.6 Å². The van der Waals surface area contributed by atoms with Crippen molar-refractivity contribution in [2.24, 2.45) is 10.8 Å². The molecule has 7 nitrogen and oxygen atoms in total. The first-order valence-electron chi connectivity index (χ1n) is 4.81. The Morgan fingerprint density at radius 1 is 1.67 bits per heavy atom. The van der Waals surface area contributed by atoms with E-state index in [0.29, 0.717) is 0 Å². The summed E-state index contributed by atoms with van der Waals surface area (Å²) in [5.74, 6) is 0. The summed E-state index contributed by atoms with van der Waals surface area (Å²) >= 11 is 0. The molecule has 0 radical (unpaired) electrons. The van der Waals surface area contributed by atoms with Gasteiger partial charge in [-0.2, -0.15) is 0 Å². The fourth-order valence-corrected chi connectivity index (χ4v) is 1.51. The predicted molar refractivity (Wildman–Crippen MR) is 52.9 cm³/mol. The van der Waals surface area contributed by atoms with Gasteiger partial charge in [0.15, 0.2) is 0 Å². The van der Waals surface area contributed by atoms with Crippen LogP contribution in [0.25, 0.3) is 10.4 Å². The molecule has 3 N–H and O–H groups in total. The number of ether oxygens (including phenoxy) is 2.